The van der Waals surface area contributed by atoms with E-state index >= 15 is 0 Å². The van der Waals surface area contributed by atoms with Gasteiger partial charge in [-0.3, -0.25) is 34.9 Å². The molecule has 0 bridgehead atoms. The molecule has 10 nitrogen and oxygen atoms in total. The fraction of sp³-hybridized carbons (Fsp3) is 0.185. The molecule has 5 rings (SSSR count). The highest BCUT2D eigenvalue weighted by molar-refractivity contribution is 6.31. The van der Waals surface area contributed by atoms with Crippen molar-refractivity contribution in [1.29, 1.82) is 0 Å². The third-order valence-corrected chi connectivity index (χ3v) is 6.27. The molecule has 0 fully saturated rings. The van der Waals surface area contributed by atoms with Crippen LogP contribution >= 0.6 is 11.6 Å². The van der Waals surface area contributed by atoms with Crippen molar-refractivity contribution < 1.29 is 14.4 Å². The molecule has 0 saturated heterocycles. The summed E-state index contributed by atoms with van der Waals surface area (Å²) in [5.41, 5.74) is 4.02. The molecule has 0 radical (unpaired) electrons. The minimum Gasteiger partial charge on any atom is -0.361 e. The van der Waals surface area contributed by atoms with Crippen LogP contribution in [0.1, 0.15) is 37.7 Å². The molecule has 0 aliphatic carbocycles. The Labute approximate surface area is 223 Å². The summed E-state index contributed by atoms with van der Waals surface area (Å²) in [6, 6.07) is 13.9. The van der Waals surface area contributed by atoms with E-state index < -0.39 is 24.3 Å². The number of carbonyl (C=O) groups is 3. The Hall–Kier alpha value is -4.57. The number of benzene rings is 2. The van der Waals surface area contributed by atoms with Gasteiger partial charge in [-0.2, -0.15) is 0 Å². The fourth-order valence-electron chi connectivity index (χ4n) is 4.34. The summed E-state index contributed by atoms with van der Waals surface area (Å²) in [7, 11) is 0. The predicted molar refractivity (Wildman–Crippen MR) is 144 cm³/mol. The molecule has 4 aromatic rings. The molecular weight excluding hydrogens is 506 g/mol. The lowest BCUT2D eigenvalue weighted by atomic mass is 10.1. The number of halogens is 1. The second-order valence-electron chi connectivity index (χ2n) is 8.87. The summed E-state index contributed by atoms with van der Waals surface area (Å²) < 4.78 is 0. The van der Waals surface area contributed by atoms with Gasteiger partial charge in [-0.1, -0.05) is 23.7 Å². The first-order valence-corrected chi connectivity index (χ1v) is 12.3. The van der Waals surface area contributed by atoms with E-state index in [0.717, 1.165) is 32.8 Å². The van der Waals surface area contributed by atoms with Crippen LogP contribution in [0.2, 0.25) is 5.02 Å². The van der Waals surface area contributed by atoms with Crippen LogP contribution in [0.15, 0.2) is 59.7 Å². The van der Waals surface area contributed by atoms with E-state index in [2.05, 4.69) is 30.6 Å². The summed E-state index contributed by atoms with van der Waals surface area (Å²) in [6.07, 6.45) is 2.46. The Morgan fingerprint density at radius 1 is 1.03 bits per heavy atom. The number of nitrogens with zero attached hydrogens (tertiary/aromatic N) is 4. The first kappa shape index (κ1) is 25.1. The number of amides is 3. The van der Waals surface area contributed by atoms with Gasteiger partial charge in [0.25, 0.3) is 11.8 Å². The van der Waals surface area contributed by atoms with Gasteiger partial charge in [0.15, 0.2) is 0 Å². The van der Waals surface area contributed by atoms with Crippen LogP contribution in [0.3, 0.4) is 0 Å². The quantitative estimate of drug-likeness (QED) is 0.198. The highest BCUT2D eigenvalue weighted by Crippen LogP contribution is 2.23. The number of aliphatic imine (C=N–C) groups is 1. The lowest BCUT2D eigenvalue weighted by Crippen LogP contribution is -2.44. The molecule has 1 aliphatic heterocycles. The minimum absolute atomic E-state index is 0.106. The van der Waals surface area contributed by atoms with Crippen LogP contribution in [-0.4, -0.2) is 56.6 Å². The second-order valence-corrected chi connectivity index (χ2v) is 9.31. The van der Waals surface area contributed by atoms with Crippen LogP contribution in [0.25, 0.3) is 10.9 Å². The highest BCUT2D eigenvalue weighted by atomic mass is 35.5. The number of aryl methyl sites for hydroxylation is 2. The topological polar surface area (TPSA) is 132 Å². The monoisotopic (exact) mass is 529 g/mol. The van der Waals surface area contributed by atoms with Crippen LogP contribution < -0.4 is 10.6 Å². The molecule has 2 aromatic heterocycles. The molecule has 0 atom stereocenters. The Morgan fingerprint density at radius 2 is 1.71 bits per heavy atom. The zero-order chi connectivity index (χ0) is 26.8. The average molecular weight is 530 g/mol. The van der Waals surface area contributed by atoms with Gasteiger partial charge >= 0.3 is 0 Å². The largest absolute Gasteiger partial charge is 0.361 e. The number of aromatic amines is 1. The van der Waals surface area contributed by atoms with Gasteiger partial charge in [-0.05, 0) is 62.2 Å². The van der Waals surface area contributed by atoms with Gasteiger partial charge in [0, 0.05) is 40.1 Å². The van der Waals surface area contributed by atoms with Crippen molar-refractivity contribution in [1.82, 2.24) is 25.2 Å². The number of rotatable bonds is 6. The van der Waals surface area contributed by atoms with E-state index in [1.165, 1.54) is 0 Å². The summed E-state index contributed by atoms with van der Waals surface area (Å²) >= 11 is 6.16. The maximum atomic E-state index is 12.9. The third-order valence-electron chi connectivity index (χ3n) is 6.03. The van der Waals surface area contributed by atoms with E-state index in [4.69, 9.17) is 11.6 Å². The molecule has 38 heavy (non-hydrogen) atoms. The third kappa shape index (κ3) is 5.25. The normalized spacial score (nSPS) is 13.2. The fourth-order valence-corrected chi connectivity index (χ4v) is 4.51. The van der Waals surface area contributed by atoms with Crippen molar-refractivity contribution in [2.75, 3.05) is 18.4 Å². The number of hydrogen-bond acceptors (Lipinski definition) is 6. The molecular formula is C27H24ClN7O3. The predicted octanol–water partition coefficient (Wildman–Crippen LogP) is 3.65. The van der Waals surface area contributed by atoms with Crippen LogP contribution in [0.4, 0.5) is 5.95 Å². The zero-order valence-electron chi connectivity index (χ0n) is 20.7. The second kappa shape index (κ2) is 10.4. The van der Waals surface area contributed by atoms with Crippen molar-refractivity contribution in [3.8, 4) is 0 Å². The van der Waals surface area contributed by atoms with Gasteiger partial charge in [-0.15, -0.1) is 0 Å². The van der Waals surface area contributed by atoms with Crippen molar-refractivity contribution in [2.45, 2.75) is 20.3 Å². The first-order chi connectivity index (χ1) is 18.3. The number of anilines is 1. The maximum absolute atomic E-state index is 12.9. The number of nitrogens with one attached hydrogen (secondary N) is 3. The summed E-state index contributed by atoms with van der Waals surface area (Å²) in [4.78, 5) is 55.7. The van der Waals surface area contributed by atoms with Gasteiger partial charge in [0.2, 0.25) is 17.8 Å². The van der Waals surface area contributed by atoms with E-state index in [9.17, 15) is 14.4 Å². The van der Waals surface area contributed by atoms with E-state index in [1.807, 2.05) is 44.3 Å². The number of fused-ring (bicyclic) bond motifs is 2. The molecule has 3 amide bonds. The summed E-state index contributed by atoms with van der Waals surface area (Å²) in [5.74, 6) is -1.24. The maximum Gasteiger partial charge on any atom is 0.262 e. The molecule has 0 saturated carbocycles. The number of carbonyl (C=O) groups excluding carboxylic acids is 3. The van der Waals surface area contributed by atoms with E-state index in [-0.39, 0.29) is 23.0 Å². The van der Waals surface area contributed by atoms with Gasteiger partial charge < -0.3 is 4.98 Å². The number of aromatic nitrogens is 3. The SMILES string of the molecule is Cc1cc(C)nc(NC(=NCCc2c[nH]c3ccc(Cl)cc23)NC(=O)CN2C(=O)c3ccccc3C2=O)n1. The molecule has 11 heteroatoms. The molecule has 3 heterocycles. The lowest BCUT2D eigenvalue weighted by molar-refractivity contribution is -0.120. The van der Waals surface area contributed by atoms with Crippen molar-refractivity contribution in [3.63, 3.8) is 0 Å². The van der Waals surface area contributed by atoms with Crippen LogP contribution in [-0.2, 0) is 11.2 Å². The zero-order valence-corrected chi connectivity index (χ0v) is 21.5. The number of hydrogen-bond donors (Lipinski definition) is 3. The standard InChI is InChI=1S/C27H24ClN7O3/c1-15-11-16(2)32-27(31-15)34-26(29-10-9-17-13-30-22-8-7-18(28)12-21(17)22)33-23(36)14-35-24(37)19-5-3-4-6-20(19)25(35)38/h3-8,11-13,30H,9-10,14H2,1-2H3,(H2,29,31,32,33,34,36). The van der Waals surface area contributed by atoms with Gasteiger partial charge in [0.1, 0.15) is 6.54 Å². The summed E-state index contributed by atoms with van der Waals surface area (Å²) in [6.45, 7) is 3.53. The highest BCUT2D eigenvalue weighted by Gasteiger charge is 2.36. The Morgan fingerprint density at radius 3 is 2.39 bits per heavy atom. The average Bonchev–Trinajstić information content (AvgIpc) is 3.37. The summed E-state index contributed by atoms with van der Waals surface area (Å²) in [5, 5.41) is 7.26. The van der Waals surface area contributed by atoms with Gasteiger partial charge in [-0.25, -0.2) is 9.97 Å². The van der Waals surface area contributed by atoms with E-state index in [1.54, 1.807) is 24.3 Å². The van der Waals surface area contributed by atoms with Crippen molar-refractivity contribution in [3.05, 3.63) is 87.8 Å². The Balaban J connectivity index is 1.33. The first-order valence-electron chi connectivity index (χ1n) is 11.9. The molecule has 2 aromatic carbocycles. The van der Waals surface area contributed by atoms with Crippen molar-refractivity contribution >= 4 is 52.1 Å². The molecule has 192 valence electrons. The Bertz CT molecular complexity index is 1560. The molecule has 3 N–H and O–H groups in total. The lowest BCUT2D eigenvalue weighted by Gasteiger charge is -2.15. The van der Waals surface area contributed by atoms with Crippen LogP contribution in [0.5, 0.6) is 0 Å². The van der Waals surface area contributed by atoms with E-state index in [0.29, 0.717) is 18.0 Å². The number of H-pyrrole nitrogens is 1. The number of guanidine groups is 1. The van der Waals surface area contributed by atoms with Crippen LogP contribution in [0, 0.1) is 13.8 Å². The number of imide groups is 1. The van der Waals surface area contributed by atoms with Gasteiger partial charge in [0.05, 0.1) is 11.1 Å². The molecule has 1 aliphatic rings. The molecule has 0 spiro atoms. The smallest absolute Gasteiger partial charge is 0.262 e. The van der Waals surface area contributed by atoms with Crippen molar-refractivity contribution in [2.24, 2.45) is 4.99 Å². The molecule has 0 unspecified atom stereocenters. The Kier molecular flexibility index (Phi) is 6.89. The minimum atomic E-state index is -0.589.